The third kappa shape index (κ3) is 12.7. The lowest BCUT2D eigenvalue weighted by atomic mass is 9.83. The lowest BCUT2D eigenvalue weighted by Gasteiger charge is -2.22. The normalized spacial score (nSPS) is 13.3. The molecule has 0 unspecified atom stereocenters. The molecule has 17 rings (SSSR count). The Morgan fingerprint density at radius 2 is 0.567 bits per heavy atom. The van der Waals surface area contributed by atoms with Gasteiger partial charge in [-0.15, -0.1) is 0 Å². The van der Waals surface area contributed by atoms with Crippen molar-refractivity contribution >= 4 is 21.5 Å². The Bertz CT molecular complexity index is 4600. The molecule has 0 radical (unpaired) electrons. The molecule has 0 bridgehead atoms. The molecular weight excluding hydrogens is 1080 g/mol. The molecule has 90 heavy (non-hydrogen) atoms. The predicted molar refractivity (Wildman–Crippen MR) is 386 cm³/mol. The molecule has 0 fully saturated rings. The van der Waals surface area contributed by atoms with E-state index in [2.05, 4.69) is 262 Å². The van der Waals surface area contributed by atoms with Crippen LogP contribution >= 0.6 is 0 Å². The second-order valence-corrected chi connectivity index (χ2v) is 27.5. The molecule has 0 spiro atoms. The van der Waals surface area contributed by atoms with Crippen molar-refractivity contribution in [2.75, 3.05) is 0 Å². The van der Waals surface area contributed by atoms with Crippen molar-refractivity contribution < 1.29 is 0 Å². The summed E-state index contributed by atoms with van der Waals surface area (Å²) in [6.45, 7) is 17.5. The highest BCUT2D eigenvalue weighted by molar-refractivity contribution is 6.06. The molecule has 0 heteroatoms. The van der Waals surface area contributed by atoms with Crippen LogP contribution < -0.4 is 0 Å². The summed E-state index contributed by atoms with van der Waals surface area (Å²) in [7, 11) is 0. The van der Waals surface area contributed by atoms with Gasteiger partial charge in [-0.3, -0.25) is 0 Å². The monoisotopic (exact) mass is 1170 g/mol. The topological polar surface area (TPSA) is 0 Å². The maximum Gasteiger partial charge on any atom is -0.00963 e. The number of fused-ring (bicyclic) bond motifs is 7. The second-order valence-electron chi connectivity index (χ2n) is 27.5. The molecule has 12 aromatic carbocycles. The van der Waals surface area contributed by atoms with E-state index in [1.807, 2.05) is 0 Å². The van der Waals surface area contributed by atoms with Crippen LogP contribution in [0, 0.1) is 55.4 Å². The summed E-state index contributed by atoms with van der Waals surface area (Å²) >= 11 is 0. The summed E-state index contributed by atoms with van der Waals surface area (Å²) in [5, 5.41) is 5.47. The highest BCUT2D eigenvalue weighted by Crippen LogP contribution is 2.41. The van der Waals surface area contributed by atoms with Gasteiger partial charge in [0.15, 0.2) is 0 Å². The summed E-state index contributed by atoms with van der Waals surface area (Å²) in [6, 6.07) is 78.5. The van der Waals surface area contributed by atoms with Crippen LogP contribution in [0.2, 0.25) is 0 Å². The zero-order valence-corrected chi connectivity index (χ0v) is 54.5. The van der Waals surface area contributed by atoms with Crippen molar-refractivity contribution in [1.29, 1.82) is 0 Å². The van der Waals surface area contributed by atoms with Gasteiger partial charge in [-0.05, 0) is 312 Å². The van der Waals surface area contributed by atoms with Crippen molar-refractivity contribution in [3.05, 3.63) is 318 Å². The Hall–Kier alpha value is -8.84. The molecule has 5 aliphatic rings. The van der Waals surface area contributed by atoms with Crippen molar-refractivity contribution in [2.24, 2.45) is 0 Å². The first-order valence-corrected chi connectivity index (χ1v) is 33.7. The SMILES string of the molecule is Cc1cc(-c2ccc3c(c2)CC3)c2cc(C)cc(-c3ccc4c(c3)CC4)c2c1.Cc1cc(-c2ccc3c(c2)CC3)c2cc(C)ccc2c1.Cc1cc(C)cc(-c2cccc(-c3ccc4c(c3)CC4)c2)c1.Cc1cc(C)cc(CCCCc2ccc3c(c2)CC3)c1. The van der Waals surface area contributed by atoms with Gasteiger partial charge in [-0.1, -0.05) is 228 Å². The van der Waals surface area contributed by atoms with Crippen LogP contribution in [0.5, 0.6) is 0 Å². The molecule has 0 nitrogen and oxygen atoms in total. The largest absolute Gasteiger partial charge is 0.0610 e. The van der Waals surface area contributed by atoms with Gasteiger partial charge in [-0.25, -0.2) is 0 Å². The average Bonchev–Trinajstić information content (AvgIpc) is 0.775. The van der Waals surface area contributed by atoms with E-state index in [0.29, 0.717) is 0 Å². The predicted octanol–water partition coefficient (Wildman–Crippen LogP) is 22.9. The van der Waals surface area contributed by atoms with Gasteiger partial charge < -0.3 is 0 Å². The van der Waals surface area contributed by atoms with E-state index < -0.39 is 0 Å². The minimum Gasteiger partial charge on any atom is -0.0610 e. The molecule has 0 aliphatic heterocycles. The van der Waals surface area contributed by atoms with Gasteiger partial charge in [0.1, 0.15) is 0 Å². The quantitative estimate of drug-likeness (QED) is 0.120. The van der Waals surface area contributed by atoms with Crippen LogP contribution in [0.15, 0.2) is 206 Å². The van der Waals surface area contributed by atoms with E-state index >= 15 is 0 Å². The first-order valence-electron chi connectivity index (χ1n) is 33.7. The lowest BCUT2D eigenvalue weighted by molar-refractivity contribution is 0.729. The van der Waals surface area contributed by atoms with Crippen LogP contribution in [0.3, 0.4) is 0 Å². The molecule has 12 aromatic rings. The number of unbranched alkanes of at least 4 members (excludes halogenated alkanes) is 1. The standard InChI is InChI=1S/C28H24.C22H20.C20H18.C20H24/c1-17-11-25(23-9-5-19-3-7-21(19)15-23)28-14-18(2)12-26(27(28)13-17)24-10-6-20-4-8-22(20)16-24;1-15-10-16(2)12-22(11-15)19-5-3-4-18(13-19)21-9-7-17-6-8-20(17)14-21;1-13-3-4-17-9-14(2)11-20(19(17)10-13)18-8-6-15-5-7-16(15)12-18;1-15-11-16(2)13-18(12-15)6-4-3-5-17-7-8-19-9-10-20(19)14-17/h5-6,9-16H,3-4,7-8H2,1-2H3;3-5,7,9-14H,6,8H2,1-2H3;3-4,6,8-12H,5,7H2,1-2H3;7-8,11-14H,3-6,9-10H2,1-2H3. The minimum atomic E-state index is 1.22. The maximum atomic E-state index is 2.43. The number of hydrogen-bond donors (Lipinski definition) is 0. The molecule has 0 saturated heterocycles. The number of hydrogen-bond acceptors (Lipinski definition) is 0. The molecule has 0 heterocycles. The van der Waals surface area contributed by atoms with Crippen LogP contribution in [-0.2, 0) is 77.0 Å². The van der Waals surface area contributed by atoms with Crippen molar-refractivity contribution in [3.63, 3.8) is 0 Å². The second kappa shape index (κ2) is 25.2. The zero-order chi connectivity index (χ0) is 61.6. The van der Waals surface area contributed by atoms with Crippen LogP contribution in [0.4, 0.5) is 0 Å². The lowest BCUT2D eigenvalue weighted by Crippen LogP contribution is -2.08. The fourth-order valence-corrected chi connectivity index (χ4v) is 14.8. The smallest absolute Gasteiger partial charge is 0.00963 e. The first kappa shape index (κ1) is 58.8. The molecule has 0 N–H and O–H groups in total. The van der Waals surface area contributed by atoms with Gasteiger partial charge in [0.25, 0.3) is 0 Å². The fraction of sp³-hybridized carbons (Fsp3) is 0.244. The summed E-state index contributed by atoms with van der Waals surface area (Å²) in [5.41, 5.74) is 42.6. The van der Waals surface area contributed by atoms with Crippen molar-refractivity contribution in [1.82, 2.24) is 0 Å². The summed E-state index contributed by atoms with van der Waals surface area (Å²) < 4.78 is 0. The number of aryl methyl sites for hydroxylation is 20. The molecule has 5 aliphatic carbocycles. The molecule has 0 aromatic heterocycles. The number of benzene rings is 12. The van der Waals surface area contributed by atoms with Crippen LogP contribution in [-0.4, -0.2) is 0 Å². The third-order valence-electron chi connectivity index (χ3n) is 20.2. The first-order chi connectivity index (χ1) is 43.7. The van der Waals surface area contributed by atoms with Gasteiger partial charge >= 0.3 is 0 Å². The molecule has 446 valence electrons. The summed E-state index contributed by atoms with van der Waals surface area (Å²) in [5.74, 6) is 0. The van der Waals surface area contributed by atoms with E-state index in [4.69, 9.17) is 0 Å². The summed E-state index contributed by atoms with van der Waals surface area (Å²) in [6.07, 6.45) is 17.6. The molecule has 0 amide bonds. The Kier molecular flexibility index (Phi) is 16.5. The van der Waals surface area contributed by atoms with E-state index in [9.17, 15) is 0 Å². The zero-order valence-electron chi connectivity index (χ0n) is 54.5. The molecule has 0 atom stereocenters. The number of rotatable bonds is 10. The summed E-state index contributed by atoms with van der Waals surface area (Å²) in [4.78, 5) is 0. The van der Waals surface area contributed by atoms with E-state index in [1.54, 1.807) is 11.1 Å². The Balaban J connectivity index is 0.000000106. The van der Waals surface area contributed by atoms with Crippen LogP contribution in [0.25, 0.3) is 77.2 Å². The van der Waals surface area contributed by atoms with Gasteiger partial charge in [0, 0.05) is 0 Å². The van der Waals surface area contributed by atoms with E-state index in [0.717, 1.165) is 0 Å². The highest BCUT2D eigenvalue weighted by atomic mass is 14.2. The average molecular weight is 1170 g/mol. The van der Waals surface area contributed by atoms with Crippen molar-refractivity contribution in [2.45, 2.75) is 145 Å². The molecular formula is C90H86. The van der Waals surface area contributed by atoms with E-state index in [1.165, 1.54) is 267 Å². The maximum absolute atomic E-state index is 2.43. The molecule has 0 saturated carbocycles. The Morgan fingerprint density at radius 1 is 0.211 bits per heavy atom. The fourth-order valence-electron chi connectivity index (χ4n) is 14.8. The van der Waals surface area contributed by atoms with Gasteiger partial charge in [-0.2, -0.15) is 0 Å². The van der Waals surface area contributed by atoms with E-state index in [-0.39, 0.29) is 0 Å². The Morgan fingerprint density at radius 3 is 1.02 bits per heavy atom. The van der Waals surface area contributed by atoms with Gasteiger partial charge in [0.05, 0.1) is 0 Å². The third-order valence-corrected chi connectivity index (χ3v) is 20.2. The minimum absolute atomic E-state index is 1.22. The van der Waals surface area contributed by atoms with Gasteiger partial charge in [0.2, 0.25) is 0 Å². The highest BCUT2D eigenvalue weighted by Gasteiger charge is 2.20. The van der Waals surface area contributed by atoms with Crippen molar-refractivity contribution in [3.8, 4) is 55.6 Å². The Labute approximate surface area is 536 Å². The van der Waals surface area contributed by atoms with Crippen LogP contribution in [0.1, 0.15) is 124 Å².